The van der Waals surface area contributed by atoms with Crippen LogP contribution in [-0.2, 0) is 42.2 Å². The predicted octanol–water partition coefficient (Wildman–Crippen LogP) is 17.8. The minimum atomic E-state index is -4.74. The predicted molar refractivity (Wildman–Crippen MR) is 298 cm³/mol. The van der Waals surface area contributed by atoms with Gasteiger partial charge in [0.05, 0.1) is 19.8 Å². The Bertz CT molecular complexity index is 1310. The maximum atomic E-state index is 12.9. The van der Waals surface area contributed by atoms with E-state index in [9.17, 15) is 28.9 Å². The number of esters is 3. The van der Waals surface area contributed by atoms with Crippen molar-refractivity contribution in [3.8, 4) is 0 Å². The summed E-state index contributed by atoms with van der Waals surface area (Å²) < 4.78 is 39.6. The topological polar surface area (TPSA) is 155 Å². The Morgan fingerprint density at radius 3 is 0.972 bits per heavy atom. The van der Waals surface area contributed by atoms with E-state index in [-0.39, 0.29) is 25.9 Å². The summed E-state index contributed by atoms with van der Waals surface area (Å²) in [5.41, 5.74) is 0. The van der Waals surface area contributed by atoms with E-state index < -0.39 is 57.8 Å². The summed E-state index contributed by atoms with van der Waals surface area (Å²) in [6.07, 6.45) is 55.6. The number of allylic oxidation sites excluding steroid dienone is 4. The highest BCUT2D eigenvalue weighted by molar-refractivity contribution is 7.47. The van der Waals surface area contributed by atoms with E-state index in [1.807, 2.05) is 0 Å². The Hall–Kier alpha value is -2.04. The van der Waals surface area contributed by atoms with E-state index in [4.69, 9.17) is 23.3 Å². The first kappa shape index (κ1) is 70.0. The number of hydrogen-bond acceptors (Lipinski definition) is 10. The second-order valence-corrected chi connectivity index (χ2v) is 22.0. The van der Waals surface area contributed by atoms with E-state index in [2.05, 4.69) is 45.1 Å². The van der Waals surface area contributed by atoms with Crippen LogP contribution in [0.2, 0.25) is 0 Å². The number of unbranched alkanes of at least 4 members (excludes halogenated alkanes) is 36. The zero-order valence-electron chi connectivity index (χ0n) is 46.9. The van der Waals surface area contributed by atoms with Crippen LogP contribution in [0.3, 0.4) is 0 Å². The molecule has 0 aromatic carbocycles. The molecule has 0 saturated carbocycles. The molecule has 0 heterocycles. The van der Waals surface area contributed by atoms with Gasteiger partial charge in [-0.25, -0.2) is 4.57 Å². The van der Waals surface area contributed by atoms with Crippen LogP contribution in [0.15, 0.2) is 24.3 Å². The van der Waals surface area contributed by atoms with Gasteiger partial charge in [-0.3, -0.25) is 23.4 Å². The Morgan fingerprint density at radius 2 is 0.639 bits per heavy atom. The Kier molecular flexibility index (Phi) is 53.6. The van der Waals surface area contributed by atoms with Gasteiger partial charge in [0, 0.05) is 19.3 Å². The van der Waals surface area contributed by atoms with Gasteiger partial charge < -0.3 is 24.2 Å². The van der Waals surface area contributed by atoms with Gasteiger partial charge in [-0.15, -0.1) is 0 Å². The first-order valence-corrected chi connectivity index (χ1v) is 31.7. The second-order valence-electron chi connectivity index (χ2n) is 20.5. The molecule has 0 saturated heterocycles. The first-order chi connectivity index (χ1) is 35.2. The molecule has 0 rings (SSSR count). The molecule has 0 aromatic heterocycles. The fourth-order valence-corrected chi connectivity index (χ4v) is 9.48. The highest BCUT2D eigenvalue weighted by Crippen LogP contribution is 2.43. The fraction of sp³-hybridized carbons (Fsp3) is 0.883. The quantitative estimate of drug-likeness (QED) is 0.0197. The van der Waals surface area contributed by atoms with E-state index in [1.54, 1.807) is 0 Å². The van der Waals surface area contributed by atoms with Crippen LogP contribution in [0.4, 0.5) is 0 Å². The molecule has 0 aliphatic carbocycles. The lowest BCUT2D eigenvalue weighted by Gasteiger charge is -2.21. The number of phosphoric ester groups is 1. The van der Waals surface area contributed by atoms with E-state index in [0.29, 0.717) is 19.3 Å². The number of carbonyl (C=O) groups is 3. The normalized spacial score (nSPS) is 13.5. The van der Waals surface area contributed by atoms with Crippen LogP contribution in [0, 0.1) is 0 Å². The average molecular weight is 1040 g/mol. The molecular weight excluding hydrogens is 928 g/mol. The molecule has 72 heavy (non-hydrogen) atoms. The van der Waals surface area contributed by atoms with Crippen LogP contribution >= 0.6 is 7.82 Å². The highest BCUT2D eigenvalue weighted by Gasteiger charge is 2.28. The minimum Gasteiger partial charge on any atom is -0.462 e. The summed E-state index contributed by atoms with van der Waals surface area (Å²) in [7, 11) is -4.74. The van der Waals surface area contributed by atoms with E-state index >= 15 is 0 Å². The number of phosphoric acid groups is 1. The van der Waals surface area contributed by atoms with Crippen molar-refractivity contribution in [3.63, 3.8) is 0 Å². The largest absolute Gasteiger partial charge is 0.472 e. The fourth-order valence-electron chi connectivity index (χ4n) is 8.70. The van der Waals surface area contributed by atoms with Crippen molar-refractivity contribution in [2.24, 2.45) is 0 Å². The Morgan fingerprint density at radius 1 is 0.375 bits per heavy atom. The van der Waals surface area contributed by atoms with Crippen LogP contribution in [-0.4, -0.2) is 66.5 Å². The zero-order valence-corrected chi connectivity index (χ0v) is 47.8. The standard InChI is InChI=1S/C60H113O11P/c1-4-7-10-13-16-19-22-25-27-28-30-33-36-39-42-45-48-51-60(64)71-57(53-67-58(62)49-46-43-40-37-34-32-29-26-23-20-17-14-11-8-5-2)55-69-72(65,66)68-54-56(52-61)70-59(63)50-47-44-41-38-35-31-24-21-18-15-12-9-6-3/h21,24,26,29,56-57,61H,4-20,22-23,25,27-28,30-55H2,1-3H3,(H,65,66)/b24-21-,29-26-. The number of hydrogen-bond donors (Lipinski definition) is 2. The zero-order chi connectivity index (χ0) is 52.7. The van der Waals surface area contributed by atoms with Gasteiger partial charge in [0.2, 0.25) is 0 Å². The average Bonchev–Trinajstić information content (AvgIpc) is 3.37. The highest BCUT2D eigenvalue weighted by atomic mass is 31.2. The smallest absolute Gasteiger partial charge is 0.462 e. The van der Waals surface area contributed by atoms with Gasteiger partial charge in [0.25, 0.3) is 0 Å². The molecule has 12 heteroatoms. The van der Waals surface area contributed by atoms with Gasteiger partial charge in [-0.1, -0.05) is 238 Å². The van der Waals surface area contributed by atoms with E-state index in [0.717, 1.165) is 96.3 Å². The lowest BCUT2D eigenvalue weighted by atomic mass is 10.0. The number of ether oxygens (including phenoxy) is 3. The summed E-state index contributed by atoms with van der Waals surface area (Å²) in [5, 5.41) is 9.81. The van der Waals surface area contributed by atoms with Crippen molar-refractivity contribution in [2.75, 3.05) is 26.4 Å². The van der Waals surface area contributed by atoms with Crippen molar-refractivity contribution < 1.29 is 52.2 Å². The van der Waals surface area contributed by atoms with Gasteiger partial charge in [-0.2, -0.15) is 0 Å². The van der Waals surface area contributed by atoms with Crippen LogP contribution in [0.1, 0.15) is 303 Å². The van der Waals surface area contributed by atoms with Gasteiger partial charge in [0.15, 0.2) is 6.10 Å². The molecule has 0 radical (unpaired) electrons. The summed E-state index contributed by atoms with van der Waals surface area (Å²) in [6.45, 7) is 4.66. The second kappa shape index (κ2) is 55.2. The lowest BCUT2D eigenvalue weighted by Crippen LogP contribution is -2.30. The molecule has 0 spiro atoms. The Balaban J connectivity index is 4.69. The third-order valence-corrected chi connectivity index (χ3v) is 14.3. The number of carbonyl (C=O) groups excluding carboxylic acids is 3. The van der Waals surface area contributed by atoms with Crippen molar-refractivity contribution >= 4 is 25.7 Å². The molecule has 3 atom stereocenters. The SMILES string of the molecule is CCCCCC/C=C\CCCCCCCC(=O)OC(CO)COP(=O)(O)OCC(COC(=O)CCCCCCC/C=C\CCCCCCCC)OC(=O)CCCCCCCCCCCCCCCCCCC. The minimum absolute atomic E-state index is 0.171. The maximum Gasteiger partial charge on any atom is 0.472 e. The van der Waals surface area contributed by atoms with Crippen molar-refractivity contribution in [3.05, 3.63) is 24.3 Å². The Labute approximate surface area is 442 Å². The monoisotopic (exact) mass is 1040 g/mol. The molecule has 0 aliphatic rings. The number of aliphatic hydroxyl groups is 1. The molecule has 3 unspecified atom stereocenters. The van der Waals surface area contributed by atoms with Crippen LogP contribution < -0.4 is 0 Å². The van der Waals surface area contributed by atoms with Crippen molar-refractivity contribution in [1.29, 1.82) is 0 Å². The molecule has 0 amide bonds. The first-order valence-electron chi connectivity index (χ1n) is 30.2. The number of rotatable bonds is 57. The summed E-state index contributed by atoms with van der Waals surface area (Å²) >= 11 is 0. The molecule has 0 aromatic rings. The van der Waals surface area contributed by atoms with Crippen LogP contribution in [0.5, 0.6) is 0 Å². The number of aliphatic hydroxyl groups excluding tert-OH is 1. The molecule has 11 nitrogen and oxygen atoms in total. The molecule has 0 aliphatic heterocycles. The van der Waals surface area contributed by atoms with Crippen molar-refractivity contribution in [2.45, 2.75) is 315 Å². The lowest BCUT2D eigenvalue weighted by molar-refractivity contribution is -0.161. The summed E-state index contributed by atoms with van der Waals surface area (Å²) in [6, 6.07) is 0. The summed E-state index contributed by atoms with van der Waals surface area (Å²) in [5.74, 6) is -1.46. The molecule has 424 valence electrons. The third kappa shape index (κ3) is 52.8. The van der Waals surface area contributed by atoms with Gasteiger partial charge >= 0.3 is 25.7 Å². The third-order valence-electron chi connectivity index (χ3n) is 13.3. The molecule has 0 bridgehead atoms. The van der Waals surface area contributed by atoms with Gasteiger partial charge in [0.1, 0.15) is 12.7 Å². The van der Waals surface area contributed by atoms with Crippen LogP contribution in [0.25, 0.3) is 0 Å². The molecule has 2 N–H and O–H groups in total. The van der Waals surface area contributed by atoms with E-state index in [1.165, 1.54) is 148 Å². The molecular formula is C60H113O11P. The maximum absolute atomic E-state index is 12.9. The molecule has 0 fully saturated rings. The van der Waals surface area contributed by atoms with Crippen molar-refractivity contribution in [1.82, 2.24) is 0 Å². The summed E-state index contributed by atoms with van der Waals surface area (Å²) in [4.78, 5) is 48.6. The van der Waals surface area contributed by atoms with Gasteiger partial charge in [-0.05, 0) is 70.6 Å².